The van der Waals surface area contributed by atoms with Gasteiger partial charge in [0.25, 0.3) is 0 Å². The molecular formula is C22H31N3O4. The number of nitrogens with one attached hydrogen (secondary N) is 2. The number of ether oxygens (including phenoxy) is 2. The molecule has 2 aromatic rings. The normalized spacial score (nSPS) is 20.6. The van der Waals surface area contributed by atoms with Crippen molar-refractivity contribution in [3.8, 4) is 5.75 Å². The molecule has 2 atom stereocenters. The molecule has 29 heavy (non-hydrogen) atoms. The molecule has 1 aromatic heterocycles. The predicted molar refractivity (Wildman–Crippen MR) is 111 cm³/mol. The van der Waals surface area contributed by atoms with Crippen molar-refractivity contribution in [3.63, 3.8) is 0 Å². The number of fused-ring (bicyclic) bond motifs is 1. The van der Waals surface area contributed by atoms with E-state index in [-0.39, 0.29) is 18.0 Å². The zero-order valence-electron chi connectivity index (χ0n) is 17.3. The third-order valence-electron chi connectivity index (χ3n) is 5.74. The molecule has 1 aliphatic heterocycles. The van der Waals surface area contributed by atoms with Crippen LogP contribution in [0.4, 0.5) is 0 Å². The average Bonchev–Trinajstić information content (AvgIpc) is 3.46. The van der Waals surface area contributed by atoms with Crippen LogP contribution < -0.4 is 15.4 Å². The summed E-state index contributed by atoms with van der Waals surface area (Å²) in [6, 6.07) is 6.14. The molecule has 1 saturated heterocycles. The highest BCUT2D eigenvalue weighted by Gasteiger charge is 2.39. The van der Waals surface area contributed by atoms with Crippen LogP contribution in [0, 0.1) is 0 Å². The van der Waals surface area contributed by atoms with E-state index in [2.05, 4.69) is 28.5 Å². The number of hydrogen-bond donors (Lipinski definition) is 2. The summed E-state index contributed by atoms with van der Waals surface area (Å²) in [6.45, 7) is 5.75. The summed E-state index contributed by atoms with van der Waals surface area (Å²) in [7, 11) is 1.69. The molecule has 1 aliphatic carbocycles. The van der Waals surface area contributed by atoms with Crippen LogP contribution in [0.25, 0.3) is 11.0 Å². The van der Waals surface area contributed by atoms with E-state index in [9.17, 15) is 4.79 Å². The SMILES string of the molecule is COCCCOc1cc([C@@H](C)N(C(=O)[C@H]2CNCCN2)C2CC2)cc2occc12. The molecule has 2 aliphatic rings. The van der Waals surface area contributed by atoms with Crippen LogP contribution in [0.5, 0.6) is 5.75 Å². The quantitative estimate of drug-likeness (QED) is 0.629. The number of carbonyl (C=O) groups is 1. The van der Waals surface area contributed by atoms with E-state index in [0.29, 0.717) is 25.8 Å². The minimum absolute atomic E-state index is 0.0467. The summed E-state index contributed by atoms with van der Waals surface area (Å²) in [5, 5.41) is 7.63. The lowest BCUT2D eigenvalue weighted by Gasteiger charge is -2.35. The van der Waals surface area contributed by atoms with Gasteiger partial charge >= 0.3 is 0 Å². The molecule has 2 N–H and O–H groups in total. The summed E-state index contributed by atoms with van der Waals surface area (Å²) < 4.78 is 16.8. The van der Waals surface area contributed by atoms with Crippen LogP contribution in [-0.4, -0.2) is 62.8 Å². The molecule has 1 amide bonds. The van der Waals surface area contributed by atoms with Crippen LogP contribution in [-0.2, 0) is 9.53 Å². The lowest BCUT2D eigenvalue weighted by Crippen LogP contribution is -2.57. The summed E-state index contributed by atoms with van der Waals surface area (Å²) in [5.74, 6) is 0.976. The highest BCUT2D eigenvalue weighted by molar-refractivity contribution is 5.86. The number of methoxy groups -OCH3 is 1. The van der Waals surface area contributed by atoms with E-state index in [1.54, 1.807) is 13.4 Å². The first-order valence-electron chi connectivity index (χ1n) is 10.6. The van der Waals surface area contributed by atoms with E-state index in [1.807, 2.05) is 12.1 Å². The standard InChI is InChI=1S/C22H31N3O4/c1-15(25(17-4-5-17)22(26)19-14-23-7-8-24-19)16-12-20(28-10-3-9-27-2)18-6-11-29-21(18)13-16/h6,11-13,15,17,19,23-24H,3-5,7-10,14H2,1-2H3/t15-,19-/m1/s1. The second-order valence-electron chi connectivity index (χ2n) is 7.91. The molecule has 7 heteroatoms. The van der Waals surface area contributed by atoms with Crippen LogP contribution in [0.3, 0.4) is 0 Å². The number of amides is 1. The molecule has 158 valence electrons. The number of furan rings is 1. The maximum atomic E-state index is 13.3. The summed E-state index contributed by atoms with van der Waals surface area (Å²) in [4.78, 5) is 15.4. The Morgan fingerprint density at radius 2 is 2.17 bits per heavy atom. The lowest BCUT2D eigenvalue weighted by molar-refractivity contribution is -0.136. The fraction of sp³-hybridized carbons (Fsp3) is 0.591. The molecule has 2 fully saturated rings. The van der Waals surface area contributed by atoms with Gasteiger partial charge in [0, 0.05) is 45.8 Å². The molecule has 4 rings (SSSR count). The van der Waals surface area contributed by atoms with Crippen molar-refractivity contribution in [2.24, 2.45) is 0 Å². The van der Waals surface area contributed by atoms with Crippen molar-refractivity contribution in [2.45, 2.75) is 44.3 Å². The maximum Gasteiger partial charge on any atom is 0.241 e. The van der Waals surface area contributed by atoms with Crippen LogP contribution >= 0.6 is 0 Å². The van der Waals surface area contributed by atoms with Gasteiger partial charge < -0.3 is 29.4 Å². The Kier molecular flexibility index (Phi) is 6.37. The van der Waals surface area contributed by atoms with Crippen molar-refractivity contribution in [2.75, 3.05) is 40.0 Å². The van der Waals surface area contributed by atoms with Crippen molar-refractivity contribution in [3.05, 3.63) is 30.0 Å². The Labute approximate surface area is 171 Å². The van der Waals surface area contributed by atoms with Gasteiger partial charge in [-0.1, -0.05) is 0 Å². The van der Waals surface area contributed by atoms with Crippen LogP contribution in [0.15, 0.2) is 28.9 Å². The second-order valence-corrected chi connectivity index (χ2v) is 7.91. The van der Waals surface area contributed by atoms with E-state index in [1.165, 1.54) is 0 Å². The molecule has 0 unspecified atom stereocenters. The first-order chi connectivity index (χ1) is 14.2. The van der Waals surface area contributed by atoms with Gasteiger partial charge in [0.05, 0.1) is 30.3 Å². The number of rotatable bonds is 9. The van der Waals surface area contributed by atoms with Crippen LogP contribution in [0.2, 0.25) is 0 Å². The monoisotopic (exact) mass is 401 g/mol. The van der Waals surface area contributed by atoms with Gasteiger partial charge in [-0.2, -0.15) is 0 Å². The lowest BCUT2D eigenvalue weighted by atomic mass is 10.0. The van der Waals surface area contributed by atoms with E-state index in [0.717, 1.165) is 54.6 Å². The van der Waals surface area contributed by atoms with E-state index < -0.39 is 0 Å². The summed E-state index contributed by atoms with van der Waals surface area (Å²) in [6.07, 6.45) is 4.64. The highest BCUT2D eigenvalue weighted by Crippen LogP contribution is 2.38. The Bertz CT molecular complexity index is 827. The zero-order chi connectivity index (χ0) is 20.2. The molecule has 0 radical (unpaired) electrons. The Hall–Kier alpha value is -2.09. The largest absolute Gasteiger partial charge is 0.493 e. The first kappa shape index (κ1) is 20.2. The Balaban J connectivity index is 1.57. The Morgan fingerprint density at radius 3 is 2.90 bits per heavy atom. The predicted octanol–water partition coefficient (Wildman–Crippen LogP) is 2.46. The fourth-order valence-electron chi connectivity index (χ4n) is 4.01. The molecule has 0 spiro atoms. The Morgan fingerprint density at radius 1 is 1.31 bits per heavy atom. The van der Waals surface area contributed by atoms with Gasteiger partial charge in [-0.05, 0) is 43.5 Å². The van der Waals surface area contributed by atoms with Gasteiger partial charge in [0.1, 0.15) is 11.3 Å². The molecule has 7 nitrogen and oxygen atoms in total. The van der Waals surface area contributed by atoms with Crippen molar-refractivity contribution >= 4 is 16.9 Å². The van der Waals surface area contributed by atoms with Crippen molar-refractivity contribution in [1.29, 1.82) is 0 Å². The third kappa shape index (κ3) is 4.57. The number of benzene rings is 1. The molecule has 2 heterocycles. The van der Waals surface area contributed by atoms with E-state index >= 15 is 0 Å². The minimum atomic E-state index is -0.163. The van der Waals surface area contributed by atoms with Crippen LogP contribution in [0.1, 0.15) is 37.8 Å². The smallest absolute Gasteiger partial charge is 0.241 e. The highest BCUT2D eigenvalue weighted by atomic mass is 16.5. The number of carbonyl (C=O) groups excluding carboxylic acids is 1. The molecule has 0 bridgehead atoms. The number of nitrogens with zero attached hydrogens (tertiary/aromatic N) is 1. The second kappa shape index (κ2) is 9.15. The van der Waals surface area contributed by atoms with Gasteiger partial charge in [0.15, 0.2) is 0 Å². The van der Waals surface area contributed by atoms with Crippen molar-refractivity contribution in [1.82, 2.24) is 15.5 Å². The average molecular weight is 402 g/mol. The summed E-state index contributed by atoms with van der Waals surface area (Å²) in [5.41, 5.74) is 1.83. The zero-order valence-corrected chi connectivity index (χ0v) is 17.3. The maximum absolute atomic E-state index is 13.3. The van der Waals surface area contributed by atoms with Gasteiger partial charge in [0.2, 0.25) is 5.91 Å². The number of piperazine rings is 1. The fourth-order valence-corrected chi connectivity index (χ4v) is 4.01. The molecular weight excluding hydrogens is 370 g/mol. The van der Waals surface area contributed by atoms with Gasteiger partial charge in [-0.25, -0.2) is 0 Å². The van der Waals surface area contributed by atoms with Gasteiger partial charge in [-0.15, -0.1) is 0 Å². The van der Waals surface area contributed by atoms with Gasteiger partial charge in [-0.3, -0.25) is 4.79 Å². The summed E-state index contributed by atoms with van der Waals surface area (Å²) >= 11 is 0. The topological polar surface area (TPSA) is 76.0 Å². The minimum Gasteiger partial charge on any atom is -0.493 e. The molecule has 1 aromatic carbocycles. The first-order valence-corrected chi connectivity index (χ1v) is 10.6. The van der Waals surface area contributed by atoms with E-state index in [4.69, 9.17) is 13.9 Å². The van der Waals surface area contributed by atoms with Crippen molar-refractivity contribution < 1.29 is 18.7 Å². The number of hydrogen-bond acceptors (Lipinski definition) is 6. The molecule has 1 saturated carbocycles. The third-order valence-corrected chi connectivity index (χ3v) is 5.74.